The minimum atomic E-state index is -0.325. The smallest absolute Gasteiger partial charge is 0.0543 e. The van der Waals surface area contributed by atoms with Crippen LogP contribution in [0.4, 0.5) is 11.4 Å². The first kappa shape index (κ1) is 35.2. The van der Waals surface area contributed by atoms with E-state index in [-0.39, 0.29) is 11.3 Å². The van der Waals surface area contributed by atoms with Crippen LogP contribution in [0.15, 0.2) is 187 Å². The third kappa shape index (κ3) is 5.83. The van der Waals surface area contributed by atoms with Crippen molar-refractivity contribution in [1.29, 1.82) is 0 Å². The van der Waals surface area contributed by atoms with Crippen molar-refractivity contribution in [2.45, 2.75) is 52.4 Å². The number of rotatable bonds is 7. The van der Waals surface area contributed by atoms with Crippen LogP contribution in [-0.4, -0.2) is 0 Å². The molecule has 0 saturated carbocycles. The van der Waals surface area contributed by atoms with Crippen molar-refractivity contribution >= 4 is 23.0 Å². The molecule has 4 aliphatic carbocycles. The van der Waals surface area contributed by atoms with E-state index in [4.69, 9.17) is 0 Å². The lowest BCUT2D eigenvalue weighted by Gasteiger charge is -2.39. The zero-order chi connectivity index (χ0) is 38.7. The lowest BCUT2D eigenvalue weighted by atomic mass is 9.63. The molecule has 0 radical (unpaired) electrons. The summed E-state index contributed by atoms with van der Waals surface area (Å²) in [5.41, 5.74) is 22.2. The molecule has 3 unspecified atom stereocenters. The molecule has 0 spiro atoms. The van der Waals surface area contributed by atoms with Gasteiger partial charge in [0.15, 0.2) is 0 Å². The topological polar surface area (TPSA) is 3.24 Å². The molecule has 10 rings (SSSR count). The average molecular weight is 736 g/mol. The van der Waals surface area contributed by atoms with Crippen LogP contribution in [0, 0.1) is 11.8 Å². The monoisotopic (exact) mass is 735 g/mol. The molecule has 0 N–H and O–H groups in total. The minimum Gasteiger partial charge on any atom is -0.310 e. The van der Waals surface area contributed by atoms with Crippen LogP contribution in [0.2, 0.25) is 0 Å². The number of benzene rings is 5. The van der Waals surface area contributed by atoms with E-state index in [0.717, 1.165) is 19.3 Å². The Morgan fingerprint density at radius 2 is 1.49 bits per heavy atom. The summed E-state index contributed by atoms with van der Waals surface area (Å²) in [6.07, 6.45) is 30.5. The molecular weight excluding hydrogens is 687 g/mol. The van der Waals surface area contributed by atoms with Crippen LogP contribution >= 0.6 is 0 Å². The highest BCUT2D eigenvalue weighted by Gasteiger charge is 2.40. The second kappa shape index (κ2) is 14.1. The third-order valence-electron chi connectivity index (χ3n) is 13.2. The van der Waals surface area contributed by atoms with Crippen molar-refractivity contribution in [1.82, 2.24) is 0 Å². The van der Waals surface area contributed by atoms with Gasteiger partial charge in [-0.2, -0.15) is 0 Å². The summed E-state index contributed by atoms with van der Waals surface area (Å²) in [5.74, 6) is 0.578. The standard InChI is InChI=1S/C56H49N/c1-5-31-56(39(4)40-14-7-8-15-40,48-28-23-46-33-45-16-9-11-20-51(45)52(46)36-48)47-26-21-41(22-27-47)42-24-29-49(30-25-42)57-54-32-37(2)13-6-10-19-50(38(54)3)53-34-43-17-12-18-44(43)35-55(53)57/h5-14,16-17,19-32,34-37,39H,15,18,33H2,1-4H3/b13-6?,19-10-,31-5-,54-32+. The van der Waals surface area contributed by atoms with Crippen molar-refractivity contribution in [2.75, 3.05) is 4.90 Å². The van der Waals surface area contributed by atoms with Crippen molar-refractivity contribution in [3.63, 3.8) is 0 Å². The first-order valence-electron chi connectivity index (χ1n) is 20.8. The molecule has 0 amide bonds. The highest BCUT2D eigenvalue weighted by molar-refractivity contribution is 5.96. The zero-order valence-corrected chi connectivity index (χ0v) is 33.5. The fraction of sp³-hybridized carbons (Fsp3) is 0.179. The van der Waals surface area contributed by atoms with Crippen molar-refractivity contribution in [3.8, 4) is 22.3 Å². The molecule has 5 aromatic carbocycles. The molecule has 3 atom stereocenters. The van der Waals surface area contributed by atoms with Crippen molar-refractivity contribution in [3.05, 3.63) is 226 Å². The van der Waals surface area contributed by atoms with Gasteiger partial charge < -0.3 is 4.90 Å². The predicted octanol–water partition coefficient (Wildman–Crippen LogP) is 14.4. The first-order chi connectivity index (χ1) is 27.9. The van der Waals surface area contributed by atoms with Crippen LogP contribution in [0.1, 0.15) is 73.1 Å². The number of fused-ring (bicyclic) bond motifs is 7. The number of allylic oxidation sites excluding steroid dienone is 14. The summed E-state index contributed by atoms with van der Waals surface area (Å²) in [4.78, 5) is 2.50. The molecular formula is C56H49N. The van der Waals surface area contributed by atoms with E-state index < -0.39 is 0 Å². The van der Waals surface area contributed by atoms with Gasteiger partial charge in [0, 0.05) is 22.4 Å². The van der Waals surface area contributed by atoms with Gasteiger partial charge >= 0.3 is 0 Å². The maximum absolute atomic E-state index is 2.50. The summed E-state index contributed by atoms with van der Waals surface area (Å²) < 4.78 is 0. The zero-order valence-electron chi connectivity index (χ0n) is 33.5. The third-order valence-corrected chi connectivity index (χ3v) is 13.2. The van der Waals surface area contributed by atoms with E-state index in [0.29, 0.717) is 5.92 Å². The summed E-state index contributed by atoms with van der Waals surface area (Å²) in [7, 11) is 0. The van der Waals surface area contributed by atoms with Gasteiger partial charge in [0.1, 0.15) is 0 Å². The van der Waals surface area contributed by atoms with Crippen molar-refractivity contribution < 1.29 is 0 Å². The van der Waals surface area contributed by atoms with Gasteiger partial charge in [-0.25, -0.2) is 0 Å². The first-order valence-corrected chi connectivity index (χ1v) is 20.8. The van der Waals surface area contributed by atoms with Crippen LogP contribution < -0.4 is 4.90 Å². The van der Waals surface area contributed by atoms with Gasteiger partial charge in [0.25, 0.3) is 0 Å². The maximum Gasteiger partial charge on any atom is 0.0543 e. The lowest BCUT2D eigenvalue weighted by molar-refractivity contribution is 0.470. The highest BCUT2D eigenvalue weighted by atomic mass is 15.2. The highest BCUT2D eigenvalue weighted by Crippen LogP contribution is 2.50. The largest absolute Gasteiger partial charge is 0.310 e. The average Bonchev–Trinajstić information content (AvgIpc) is 4.03. The summed E-state index contributed by atoms with van der Waals surface area (Å²) >= 11 is 0. The van der Waals surface area contributed by atoms with Crippen LogP contribution in [0.25, 0.3) is 33.9 Å². The normalized spacial score (nSPS) is 20.5. The molecule has 1 nitrogen and oxygen atoms in total. The number of nitrogens with zero attached hydrogens (tertiary/aromatic N) is 1. The summed E-state index contributed by atoms with van der Waals surface area (Å²) in [5, 5.41) is 0. The molecule has 57 heavy (non-hydrogen) atoms. The van der Waals surface area contributed by atoms with Gasteiger partial charge in [0.05, 0.1) is 5.69 Å². The van der Waals surface area contributed by atoms with E-state index in [1.54, 1.807) is 0 Å². The molecule has 0 fully saturated rings. The Bertz CT molecular complexity index is 2680. The van der Waals surface area contributed by atoms with E-state index in [1.165, 1.54) is 95.0 Å². The van der Waals surface area contributed by atoms with E-state index in [9.17, 15) is 0 Å². The second-order valence-corrected chi connectivity index (χ2v) is 16.5. The minimum absolute atomic E-state index is 0.270. The van der Waals surface area contributed by atoms with E-state index in [1.807, 2.05) is 0 Å². The molecule has 1 heteroatoms. The number of hydrogen-bond acceptors (Lipinski definition) is 1. The van der Waals surface area contributed by atoms with Crippen molar-refractivity contribution in [2.24, 2.45) is 11.8 Å². The fourth-order valence-corrected chi connectivity index (χ4v) is 10.2. The predicted molar refractivity (Wildman–Crippen MR) is 243 cm³/mol. The van der Waals surface area contributed by atoms with Gasteiger partial charge in [-0.05, 0) is 142 Å². The molecule has 1 heterocycles. The number of anilines is 2. The van der Waals surface area contributed by atoms with E-state index in [2.05, 4.69) is 209 Å². The number of hydrogen-bond donors (Lipinski definition) is 0. The fourth-order valence-electron chi connectivity index (χ4n) is 10.2. The van der Waals surface area contributed by atoms with Gasteiger partial charge in [-0.15, -0.1) is 0 Å². The Morgan fingerprint density at radius 1 is 0.719 bits per heavy atom. The molecule has 5 aliphatic rings. The van der Waals surface area contributed by atoms with Crippen LogP contribution in [0.3, 0.4) is 0 Å². The Morgan fingerprint density at radius 3 is 2.28 bits per heavy atom. The second-order valence-electron chi connectivity index (χ2n) is 16.5. The SMILES string of the molecule is C/C=C\C(c1ccc(-c2ccc(N3/C4=C/C(C)C=C/C=C\C(=C4C)c4cc5c(cc43)CC=C5)cc2)cc1)(c1ccc2c(c1)-c1ccccc1C2)C(C)C1=CC=CC1. The molecule has 1 aliphatic heterocycles. The lowest BCUT2D eigenvalue weighted by Crippen LogP contribution is -2.34. The quantitative estimate of drug-likeness (QED) is 0.148. The molecule has 2 bridgehead atoms. The molecule has 5 aromatic rings. The van der Waals surface area contributed by atoms with Crippen LogP contribution in [-0.2, 0) is 18.3 Å². The van der Waals surface area contributed by atoms with Gasteiger partial charge in [0.2, 0.25) is 0 Å². The Kier molecular flexibility index (Phi) is 8.71. The maximum atomic E-state index is 2.50. The molecule has 278 valence electrons. The molecule has 0 saturated heterocycles. The Balaban J connectivity index is 1.04. The van der Waals surface area contributed by atoms with E-state index >= 15 is 0 Å². The van der Waals surface area contributed by atoms with Crippen LogP contribution in [0.5, 0.6) is 0 Å². The molecule has 0 aromatic heterocycles. The summed E-state index contributed by atoms with van der Waals surface area (Å²) in [6.45, 7) is 9.16. The Labute approximate surface area is 338 Å². The Hall–Kier alpha value is -6.18. The summed E-state index contributed by atoms with van der Waals surface area (Å²) in [6, 6.07) is 39.7. The van der Waals surface area contributed by atoms with Gasteiger partial charge in [-0.1, -0.05) is 165 Å². The van der Waals surface area contributed by atoms with Gasteiger partial charge in [-0.3, -0.25) is 0 Å².